The second-order valence-electron chi connectivity index (χ2n) is 4.88. The molecule has 0 aliphatic heterocycles. The molecule has 0 saturated heterocycles. The van der Waals surface area contributed by atoms with Crippen LogP contribution in [-0.2, 0) is 0 Å². The summed E-state index contributed by atoms with van der Waals surface area (Å²) in [6, 6.07) is 3.12. The number of nitrogens with one attached hydrogen (secondary N) is 1. The minimum Gasteiger partial charge on any atom is -0.306 e. The minimum atomic E-state index is -0.882. The highest BCUT2D eigenvalue weighted by Gasteiger charge is 2.25. The van der Waals surface area contributed by atoms with Crippen molar-refractivity contribution in [1.82, 2.24) is 10.3 Å². The number of benzene rings is 1. The molecule has 5 heteroatoms. The van der Waals surface area contributed by atoms with E-state index >= 15 is 0 Å². The van der Waals surface area contributed by atoms with Crippen LogP contribution in [0.15, 0.2) is 30.6 Å². The Hall–Kier alpha value is -1.88. The minimum absolute atomic E-state index is 0.159. The summed E-state index contributed by atoms with van der Waals surface area (Å²) in [6.07, 6.45) is 3.21. The molecule has 1 atom stereocenters. The van der Waals surface area contributed by atoms with Gasteiger partial charge in [0.1, 0.15) is 17.5 Å². The summed E-state index contributed by atoms with van der Waals surface area (Å²) in [5.74, 6) is -1.94. The molecule has 2 aromatic rings. The van der Waals surface area contributed by atoms with Crippen molar-refractivity contribution in [1.29, 1.82) is 0 Å². The number of hydrogen-bond acceptors (Lipinski definition) is 2. The fourth-order valence-electron chi connectivity index (χ4n) is 2.22. The first kappa shape index (κ1) is 15.5. The van der Waals surface area contributed by atoms with Crippen LogP contribution in [-0.4, -0.2) is 11.5 Å². The van der Waals surface area contributed by atoms with Crippen LogP contribution in [0.4, 0.5) is 13.2 Å². The molecular weight excluding hydrogens is 277 g/mol. The number of rotatable bonds is 5. The molecule has 21 heavy (non-hydrogen) atoms. The molecule has 112 valence electrons. The maximum atomic E-state index is 14.3. The van der Waals surface area contributed by atoms with E-state index in [0.29, 0.717) is 12.1 Å². The van der Waals surface area contributed by atoms with Crippen LogP contribution in [0.25, 0.3) is 0 Å². The number of hydrogen-bond donors (Lipinski definition) is 1. The molecule has 2 rings (SSSR count). The SMILES string of the molecule is CCCNC(c1ccncc1F)c1c(F)ccc(C)c1F. The monoisotopic (exact) mass is 294 g/mol. The Morgan fingerprint density at radius 1 is 1.14 bits per heavy atom. The lowest BCUT2D eigenvalue weighted by atomic mass is 9.96. The maximum absolute atomic E-state index is 14.3. The molecule has 0 bridgehead atoms. The Morgan fingerprint density at radius 2 is 1.90 bits per heavy atom. The fourth-order valence-corrected chi connectivity index (χ4v) is 2.22. The van der Waals surface area contributed by atoms with Crippen molar-refractivity contribution in [2.24, 2.45) is 0 Å². The summed E-state index contributed by atoms with van der Waals surface area (Å²) in [4.78, 5) is 3.67. The zero-order valence-corrected chi connectivity index (χ0v) is 12.0. The van der Waals surface area contributed by atoms with E-state index < -0.39 is 23.5 Å². The van der Waals surface area contributed by atoms with E-state index in [1.54, 1.807) is 6.92 Å². The van der Waals surface area contributed by atoms with Gasteiger partial charge < -0.3 is 5.32 Å². The van der Waals surface area contributed by atoms with E-state index in [1.165, 1.54) is 24.4 Å². The van der Waals surface area contributed by atoms with Crippen LogP contribution in [0.5, 0.6) is 0 Å². The van der Waals surface area contributed by atoms with Gasteiger partial charge in [0.25, 0.3) is 0 Å². The second-order valence-corrected chi connectivity index (χ2v) is 4.88. The van der Waals surface area contributed by atoms with Crippen molar-refractivity contribution in [3.8, 4) is 0 Å². The summed E-state index contributed by atoms with van der Waals surface area (Å²) in [7, 11) is 0. The standard InChI is InChI=1S/C16H17F3N2/c1-3-7-21-16(11-6-8-20-9-13(11)18)14-12(17)5-4-10(2)15(14)19/h4-6,8-9,16,21H,3,7H2,1-2H3. The number of halogens is 3. The van der Waals surface area contributed by atoms with Gasteiger partial charge in [-0.1, -0.05) is 13.0 Å². The molecule has 1 aromatic heterocycles. The van der Waals surface area contributed by atoms with Crippen LogP contribution < -0.4 is 5.32 Å². The molecule has 2 nitrogen and oxygen atoms in total. The number of aromatic nitrogens is 1. The molecule has 0 fully saturated rings. The lowest BCUT2D eigenvalue weighted by Crippen LogP contribution is -2.26. The predicted molar refractivity (Wildman–Crippen MR) is 75.4 cm³/mol. The molecular formula is C16H17F3N2. The van der Waals surface area contributed by atoms with Gasteiger partial charge in [0.2, 0.25) is 0 Å². The van der Waals surface area contributed by atoms with Crippen LogP contribution in [0.3, 0.4) is 0 Å². The van der Waals surface area contributed by atoms with Crippen molar-refractivity contribution >= 4 is 0 Å². The number of pyridine rings is 1. The average Bonchev–Trinajstić information content (AvgIpc) is 2.47. The van der Waals surface area contributed by atoms with Gasteiger partial charge in [-0.2, -0.15) is 0 Å². The Bertz CT molecular complexity index is 629. The Balaban J connectivity index is 2.56. The Labute approximate surface area is 122 Å². The first-order valence-electron chi connectivity index (χ1n) is 6.83. The van der Waals surface area contributed by atoms with Crippen molar-refractivity contribution in [2.45, 2.75) is 26.3 Å². The zero-order valence-electron chi connectivity index (χ0n) is 12.0. The lowest BCUT2D eigenvalue weighted by Gasteiger charge is -2.21. The van der Waals surface area contributed by atoms with Gasteiger partial charge >= 0.3 is 0 Å². The van der Waals surface area contributed by atoms with E-state index in [2.05, 4.69) is 10.3 Å². The molecule has 0 amide bonds. The van der Waals surface area contributed by atoms with Crippen molar-refractivity contribution in [3.63, 3.8) is 0 Å². The van der Waals surface area contributed by atoms with Crippen molar-refractivity contribution in [2.75, 3.05) is 6.54 Å². The van der Waals surface area contributed by atoms with Gasteiger partial charge in [-0.05, 0) is 37.6 Å². The van der Waals surface area contributed by atoms with Crippen LogP contribution in [0, 0.1) is 24.4 Å². The lowest BCUT2D eigenvalue weighted by molar-refractivity contribution is 0.484. The maximum Gasteiger partial charge on any atom is 0.146 e. The first-order chi connectivity index (χ1) is 10.1. The molecule has 0 aliphatic rings. The largest absolute Gasteiger partial charge is 0.306 e. The Morgan fingerprint density at radius 3 is 2.57 bits per heavy atom. The first-order valence-corrected chi connectivity index (χ1v) is 6.83. The third-order valence-corrected chi connectivity index (χ3v) is 3.32. The zero-order chi connectivity index (χ0) is 15.4. The Kier molecular flexibility index (Phi) is 4.96. The molecule has 0 radical (unpaired) electrons. The van der Waals surface area contributed by atoms with Gasteiger partial charge in [-0.15, -0.1) is 0 Å². The summed E-state index contributed by atoms with van der Waals surface area (Å²) >= 11 is 0. The van der Waals surface area contributed by atoms with Crippen LogP contribution in [0.2, 0.25) is 0 Å². The van der Waals surface area contributed by atoms with Gasteiger partial charge in [0.05, 0.1) is 12.2 Å². The second kappa shape index (κ2) is 6.72. The number of aryl methyl sites for hydroxylation is 1. The highest BCUT2D eigenvalue weighted by Crippen LogP contribution is 2.29. The quantitative estimate of drug-likeness (QED) is 0.904. The molecule has 1 heterocycles. The van der Waals surface area contributed by atoms with Crippen LogP contribution in [0.1, 0.15) is 36.1 Å². The normalized spacial score (nSPS) is 12.4. The van der Waals surface area contributed by atoms with Gasteiger partial charge in [0.15, 0.2) is 0 Å². The summed E-state index contributed by atoms with van der Waals surface area (Å²) < 4.78 is 42.4. The highest BCUT2D eigenvalue weighted by atomic mass is 19.1. The molecule has 0 saturated carbocycles. The molecule has 1 N–H and O–H groups in total. The molecule has 0 aliphatic carbocycles. The van der Waals surface area contributed by atoms with Gasteiger partial charge in [-0.25, -0.2) is 13.2 Å². The third-order valence-electron chi connectivity index (χ3n) is 3.32. The molecule has 0 spiro atoms. The highest BCUT2D eigenvalue weighted by molar-refractivity contribution is 5.36. The topological polar surface area (TPSA) is 24.9 Å². The molecule has 1 unspecified atom stereocenters. The average molecular weight is 294 g/mol. The van der Waals surface area contributed by atoms with E-state index in [0.717, 1.165) is 12.6 Å². The van der Waals surface area contributed by atoms with Gasteiger partial charge in [0, 0.05) is 17.3 Å². The van der Waals surface area contributed by atoms with E-state index in [-0.39, 0.29) is 11.1 Å². The summed E-state index contributed by atoms with van der Waals surface area (Å²) in [5.41, 5.74) is 0.347. The van der Waals surface area contributed by atoms with Crippen LogP contribution >= 0.6 is 0 Å². The summed E-state index contributed by atoms with van der Waals surface area (Å²) in [5, 5.41) is 3.00. The summed E-state index contributed by atoms with van der Waals surface area (Å²) in [6.45, 7) is 3.99. The van der Waals surface area contributed by atoms with Crippen molar-refractivity contribution < 1.29 is 13.2 Å². The van der Waals surface area contributed by atoms with E-state index in [4.69, 9.17) is 0 Å². The van der Waals surface area contributed by atoms with Crippen molar-refractivity contribution in [3.05, 3.63) is 64.7 Å². The van der Waals surface area contributed by atoms with Gasteiger partial charge in [-0.3, -0.25) is 4.98 Å². The smallest absolute Gasteiger partial charge is 0.146 e. The third kappa shape index (κ3) is 3.24. The number of nitrogens with zero attached hydrogens (tertiary/aromatic N) is 1. The predicted octanol–water partition coefficient (Wildman–Crippen LogP) is 3.90. The van der Waals surface area contributed by atoms with E-state index in [1.807, 2.05) is 6.92 Å². The molecule has 1 aromatic carbocycles. The fraction of sp³-hybridized carbons (Fsp3) is 0.312. The van der Waals surface area contributed by atoms with E-state index in [9.17, 15) is 13.2 Å².